The minimum absolute atomic E-state index is 0.00791. The second-order valence-corrected chi connectivity index (χ2v) is 7.78. The molecule has 1 saturated heterocycles. The zero-order valence-corrected chi connectivity index (χ0v) is 16.3. The summed E-state index contributed by atoms with van der Waals surface area (Å²) in [5, 5.41) is 12.3. The summed E-state index contributed by atoms with van der Waals surface area (Å²) in [5.74, 6) is 0.0542. The lowest BCUT2D eigenvalue weighted by Crippen LogP contribution is -2.53. The molecule has 26 heavy (non-hydrogen) atoms. The van der Waals surface area contributed by atoms with Crippen molar-refractivity contribution < 1.29 is 19.1 Å². The molecule has 6 heteroatoms. The van der Waals surface area contributed by atoms with Crippen LogP contribution in [0, 0.1) is 12.8 Å². The zero-order valence-electron chi connectivity index (χ0n) is 15.5. The van der Waals surface area contributed by atoms with Crippen molar-refractivity contribution in [3.8, 4) is 0 Å². The fourth-order valence-electron chi connectivity index (χ4n) is 3.66. The van der Waals surface area contributed by atoms with Crippen LogP contribution in [0.15, 0.2) is 22.8 Å². The molecular weight excluding hydrogens is 354 g/mol. The number of furan rings is 1. The lowest BCUT2D eigenvalue weighted by molar-refractivity contribution is -0.139. The minimum Gasteiger partial charge on any atom is -0.464 e. The van der Waals surface area contributed by atoms with Gasteiger partial charge in [-0.2, -0.15) is 0 Å². The van der Waals surface area contributed by atoms with E-state index in [2.05, 4.69) is 0 Å². The van der Waals surface area contributed by atoms with E-state index in [1.165, 1.54) is 0 Å². The van der Waals surface area contributed by atoms with Crippen LogP contribution in [-0.2, 0) is 16.0 Å². The Balaban J connectivity index is 1.69. The number of methoxy groups -OCH3 is 1. The molecule has 0 saturated carbocycles. The van der Waals surface area contributed by atoms with Crippen molar-refractivity contribution in [3.05, 3.63) is 34.5 Å². The van der Waals surface area contributed by atoms with Gasteiger partial charge in [0.25, 0.3) is 0 Å². The van der Waals surface area contributed by atoms with Gasteiger partial charge in [-0.1, -0.05) is 18.5 Å². The summed E-state index contributed by atoms with van der Waals surface area (Å²) in [6, 6.07) is 3.76. The van der Waals surface area contributed by atoms with Crippen LogP contribution in [-0.4, -0.2) is 48.3 Å². The highest BCUT2D eigenvalue weighted by molar-refractivity contribution is 6.32. The number of likely N-dealkylation sites (tertiary alicyclic amines) is 1. The van der Waals surface area contributed by atoms with Gasteiger partial charge in [0, 0.05) is 48.7 Å². The Hall–Kier alpha value is -1.56. The molecule has 1 unspecified atom stereocenters. The first-order valence-corrected chi connectivity index (χ1v) is 9.37. The van der Waals surface area contributed by atoms with Gasteiger partial charge in [0.15, 0.2) is 0 Å². The van der Waals surface area contributed by atoms with E-state index < -0.39 is 5.60 Å². The third kappa shape index (κ3) is 3.75. The van der Waals surface area contributed by atoms with Gasteiger partial charge in [-0.05, 0) is 37.5 Å². The topological polar surface area (TPSA) is 62.9 Å². The molecule has 1 N–H and O–H groups in total. The summed E-state index contributed by atoms with van der Waals surface area (Å²) in [5.41, 5.74) is 1.78. The van der Waals surface area contributed by atoms with Gasteiger partial charge in [-0.3, -0.25) is 4.79 Å². The van der Waals surface area contributed by atoms with Crippen LogP contribution in [0.5, 0.6) is 0 Å². The molecule has 2 heterocycles. The number of hydrogen-bond donors (Lipinski definition) is 1. The molecular formula is C20H26ClNO4. The average Bonchev–Trinajstić information content (AvgIpc) is 2.98. The average molecular weight is 380 g/mol. The first kappa shape index (κ1) is 19.2. The maximum absolute atomic E-state index is 12.8. The van der Waals surface area contributed by atoms with Crippen LogP contribution < -0.4 is 0 Å². The van der Waals surface area contributed by atoms with E-state index in [1.54, 1.807) is 13.4 Å². The number of carbonyl (C=O) groups is 1. The number of aliphatic hydroxyl groups is 1. The number of benzene rings is 1. The van der Waals surface area contributed by atoms with Gasteiger partial charge in [-0.25, -0.2) is 0 Å². The van der Waals surface area contributed by atoms with E-state index >= 15 is 0 Å². The van der Waals surface area contributed by atoms with Gasteiger partial charge in [-0.15, -0.1) is 0 Å². The summed E-state index contributed by atoms with van der Waals surface area (Å²) in [7, 11) is 1.63. The molecule has 0 radical (unpaired) electrons. The molecule has 1 amide bonds. The van der Waals surface area contributed by atoms with E-state index in [9.17, 15) is 9.90 Å². The van der Waals surface area contributed by atoms with Crippen molar-refractivity contribution in [2.24, 2.45) is 5.92 Å². The number of fused-ring (bicyclic) bond motifs is 1. The van der Waals surface area contributed by atoms with Crippen LogP contribution in [0.3, 0.4) is 0 Å². The predicted octanol–water partition coefficient (Wildman–Crippen LogP) is 3.57. The van der Waals surface area contributed by atoms with E-state index in [1.807, 2.05) is 30.9 Å². The van der Waals surface area contributed by atoms with Gasteiger partial charge >= 0.3 is 0 Å². The normalized spacial score (nSPS) is 23.6. The van der Waals surface area contributed by atoms with E-state index in [4.69, 9.17) is 20.8 Å². The first-order chi connectivity index (χ1) is 12.3. The van der Waals surface area contributed by atoms with E-state index in [-0.39, 0.29) is 18.2 Å². The molecule has 0 aliphatic carbocycles. The Kier molecular flexibility index (Phi) is 5.61. The van der Waals surface area contributed by atoms with Crippen molar-refractivity contribution in [1.82, 2.24) is 4.90 Å². The monoisotopic (exact) mass is 379 g/mol. The first-order valence-electron chi connectivity index (χ1n) is 8.99. The largest absolute Gasteiger partial charge is 0.464 e. The lowest BCUT2D eigenvalue weighted by atomic mass is 9.79. The molecule has 142 valence electrons. The Morgan fingerprint density at radius 3 is 2.96 bits per heavy atom. The quantitative estimate of drug-likeness (QED) is 0.862. The van der Waals surface area contributed by atoms with Crippen molar-refractivity contribution in [2.75, 3.05) is 26.8 Å². The highest BCUT2D eigenvalue weighted by atomic mass is 35.5. The zero-order chi connectivity index (χ0) is 18.9. The summed E-state index contributed by atoms with van der Waals surface area (Å²) < 4.78 is 10.7. The van der Waals surface area contributed by atoms with Crippen LogP contribution in [0.1, 0.15) is 30.9 Å². The fraction of sp³-hybridized carbons (Fsp3) is 0.550. The lowest BCUT2D eigenvalue weighted by Gasteiger charge is -2.43. The maximum Gasteiger partial charge on any atom is 0.227 e. The van der Waals surface area contributed by atoms with Crippen LogP contribution in [0.2, 0.25) is 5.02 Å². The van der Waals surface area contributed by atoms with Crippen molar-refractivity contribution >= 4 is 28.5 Å². The Labute approximate surface area is 158 Å². The van der Waals surface area contributed by atoms with Crippen molar-refractivity contribution in [1.29, 1.82) is 0 Å². The fourth-order valence-corrected chi connectivity index (χ4v) is 3.82. The van der Waals surface area contributed by atoms with E-state index in [0.29, 0.717) is 37.6 Å². The minimum atomic E-state index is -0.764. The Morgan fingerprint density at radius 1 is 1.50 bits per heavy atom. The molecule has 3 rings (SSSR count). The molecule has 1 aliphatic rings. The number of halogens is 1. The van der Waals surface area contributed by atoms with Gasteiger partial charge in [0.05, 0.1) is 18.3 Å². The third-order valence-electron chi connectivity index (χ3n) is 5.59. The second-order valence-electron chi connectivity index (χ2n) is 7.37. The van der Waals surface area contributed by atoms with Crippen LogP contribution >= 0.6 is 11.6 Å². The molecule has 0 bridgehead atoms. The Morgan fingerprint density at radius 2 is 2.27 bits per heavy atom. The van der Waals surface area contributed by atoms with Crippen molar-refractivity contribution in [3.63, 3.8) is 0 Å². The molecule has 1 aliphatic heterocycles. The molecule has 5 nitrogen and oxygen atoms in total. The summed E-state index contributed by atoms with van der Waals surface area (Å²) >= 11 is 6.22. The Bertz CT molecular complexity index is 802. The predicted molar refractivity (Wildman–Crippen MR) is 101 cm³/mol. The van der Waals surface area contributed by atoms with Gasteiger partial charge in [0.1, 0.15) is 5.58 Å². The molecule has 2 aromatic rings. The van der Waals surface area contributed by atoms with Gasteiger partial charge < -0.3 is 19.2 Å². The molecule has 2 atom stereocenters. The molecule has 1 aromatic heterocycles. The summed E-state index contributed by atoms with van der Waals surface area (Å²) in [4.78, 5) is 14.6. The second kappa shape index (κ2) is 7.59. The smallest absolute Gasteiger partial charge is 0.227 e. The number of carbonyl (C=O) groups excluding carboxylic acids is 1. The number of hydrogen-bond acceptors (Lipinski definition) is 4. The number of rotatable bonds is 5. The third-order valence-corrected chi connectivity index (χ3v) is 6.00. The maximum atomic E-state index is 12.8. The molecule has 1 fully saturated rings. The summed E-state index contributed by atoms with van der Waals surface area (Å²) in [6.07, 6.45) is 3.08. The van der Waals surface area contributed by atoms with E-state index in [0.717, 1.165) is 22.1 Å². The summed E-state index contributed by atoms with van der Waals surface area (Å²) in [6.45, 7) is 5.55. The SMILES string of the molecule is COCC[C@]1(O)CCN(C(=O)Cc2coc3cc(C)c(Cl)cc23)CC1C. The number of nitrogens with zero attached hydrogens (tertiary/aromatic N) is 1. The van der Waals surface area contributed by atoms with Crippen LogP contribution in [0.4, 0.5) is 0 Å². The number of piperidine rings is 1. The van der Waals surface area contributed by atoms with Gasteiger partial charge in [0.2, 0.25) is 5.91 Å². The molecule has 0 spiro atoms. The molecule has 1 aromatic carbocycles. The van der Waals surface area contributed by atoms with Crippen molar-refractivity contribution in [2.45, 2.75) is 38.7 Å². The van der Waals surface area contributed by atoms with Crippen LogP contribution in [0.25, 0.3) is 11.0 Å². The number of ether oxygens (including phenoxy) is 1. The highest BCUT2D eigenvalue weighted by Crippen LogP contribution is 2.32. The standard InChI is InChI=1S/C20H26ClNO4/c1-13-8-18-16(10-17(13)21)15(12-26-18)9-19(23)22-6-4-20(24,5-7-25-3)14(2)11-22/h8,10,12,14,24H,4-7,9,11H2,1-3H3/t14?,20-/m1/s1. The number of amides is 1. The number of aryl methyl sites for hydroxylation is 1. The highest BCUT2D eigenvalue weighted by Gasteiger charge is 2.39.